The summed E-state index contributed by atoms with van der Waals surface area (Å²) in [5.74, 6) is -0.905. The largest absolute Gasteiger partial charge is 0.369 e. The van der Waals surface area contributed by atoms with E-state index in [1.165, 1.54) is 27.7 Å². The first-order chi connectivity index (χ1) is 6.08. The van der Waals surface area contributed by atoms with Crippen molar-refractivity contribution in [3.63, 3.8) is 0 Å². The second-order valence-corrected chi connectivity index (χ2v) is 6.05. The molecule has 0 amide bonds. The highest BCUT2D eigenvalue weighted by molar-refractivity contribution is 7.88. The molecule has 0 fully saturated rings. The van der Waals surface area contributed by atoms with E-state index in [1.54, 1.807) is 0 Å². The van der Waals surface area contributed by atoms with Gasteiger partial charge in [-0.05, 0) is 27.7 Å². The lowest BCUT2D eigenvalue weighted by molar-refractivity contribution is -0.206. The van der Waals surface area contributed by atoms with E-state index in [-0.39, 0.29) is 5.57 Å². The predicted molar refractivity (Wildman–Crippen MR) is 50.7 cm³/mol. The predicted octanol–water partition coefficient (Wildman–Crippen LogP) is 1.17. The summed E-state index contributed by atoms with van der Waals surface area (Å²) in [7, 11) is -3.91. The highest BCUT2D eigenvalue weighted by Gasteiger charge is 2.32. The van der Waals surface area contributed by atoms with E-state index in [0.29, 0.717) is 0 Å². The molecule has 0 aromatic carbocycles. The summed E-state index contributed by atoms with van der Waals surface area (Å²) in [5.41, 5.74) is 0.0640. The van der Waals surface area contributed by atoms with Gasteiger partial charge in [0, 0.05) is 5.57 Å². The van der Waals surface area contributed by atoms with Crippen LogP contribution in [0.25, 0.3) is 0 Å². The molecule has 0 atom stereocenters. The van der Waals surface area contributed by atoms with Crippen molar-refractivity contribution in [1.82, 2.24) is 0 Å². The molecular weight excluding hydrogens is 208 g/mol. The van der Waals surface area contributed by atoms with E-state index < -0.39 is 20.8 Å². The summed E-state index contributed by atoms with van der Waals surface area (Å²) in [6.45, 7) is 8.94. The Morgan fingerprint density at radius 2 is 1.71 bits per heavy atom. The van der Waals surface area contributed by atoms with Crippen LogP contribution in [-0.2, 0) is 24.1 Å². The second-order valence-electron chi connectivity index (χ2n) is 3.79. The molecule has 6 heteroatoms. The zero-order chi connectivity index (χ0) is 11.6. The molecule has 14 heavy (non-hydrogen) atoms. The van der Waals surface area contributed by atoms with Gasteiger partial charge in [0.2, 0.25) is 0 Å². The molecular formula is C8H14O5S. The van der Waals surface area contributed by atoms with E-state index >= 15 is 0 Å². The van der Waals surface area contributed by atoms with E-state index in [4.69, 9.17) is 0 Å². The Balaban J connectivity index is 4.44. The third-order valence-electron chi connectivity index (χ3n) is 1.30. The molecule has 0 aromatic rings. The van der Waals surface area contributed by atoms with Crippen molar-refractivity contribution in [2.24, 2.45) is 0 Å². The fourth-order valence-corrected chi connectivity index (χ4v) is 0.604. The molecule has 0 heterocycles. The number of hydrogen-bond donors (Lipinski definition) is 0. The lowest BCUT2D eigenvalue weighted by Crippen LogP contribution is -2.30. The van der Waals surface area contributed by atoms with Crippen molar-refractivity contribution in [3.05, 3.63) is 12.2 Å². The van der Waals surface area contributed by atoms with Crippen LogP contribution in [0.15, 0.2) is 12.2 Å². The monoisotopic (exact) mass is 222 g/mol. The Kier molecular flexibility index (Phi) is 3.84. The summed E-state index contributed by atoms with van der Waals surface area (Å²) in [4.78, 5) is 14.9. The van der Waals surface area contributed by atoms with Crippen LogP contribution in [-0.4, -0.2) is 19.1 Å². The van der Waals surface area contributed by atoms with Crippen LogP contribution < -0.4 is 0 Å². The van der Waals surface area contributed by atoms with E-state index in [2.05, 4.69) is 15.8 Å². The second kappa shape index (κ2) is 4.10. The standard InChI is InChI=1S/C8H14O5S/c1-6(2)7(9)12-13-14(10,11)8(3,4)5/h1H2,2-5H3. The number of hydrogen-bond acceptors (Lipinski definition) is 5. The lowest BCUT2D eigenvalue weighted by atomic mass is 10.3. The van der Waals surface area contributed by atoms with E-state index in [9.17, 15) is 13.2 Å². The van der Waals surface area contributed by atoms with Crippen molar-refractivity contribution in [2.45, 2.75) is 32.4 Å². The smallest absolute Gasteiger partial charge is 0.276 e. The topological polar surface area (TPSA) is 69.7 Å². The van der Waals surface area contributed by atoms with Crippen molar-refractivity contribution in [2.75, 3.05) is 0 Å². The van der Waals surface area contributed by atoms with Gasteiger partial charge < -0.3 is 0 Å². The molecule has 0 rings (SSSR count). The Hall–Kier alpha value is -0.880. The van der Waals surface area contributed by atoms with Crippen molar-refractivity contribution in [3.8, 4) is 0 Å². The molecule has 0 aromatic heterocycles. The maximum atomic E-state index is 11.3. The first-order valence-corrected chi connectivity index (χ1v) is 5.29. The molecule has 5 nitrogen and oxygen atoms in total. The highest BCUT2D eigenvalue weighted by Crippen LogP contribution is 2.17. The Labute approximate surface area is 83.8 Å². The van der Waals surface area contributed by atoms with Crippen LogP contribution in [0.5, 0.6) is 0 Å². The van der Waals surface area contributed by atoms with Gasteiger partial charge in [-0.1, -0.05) is 10.9 Å². The summed E-state index contributed by atoms with van der Waals surface area (Å²) in [6, 6.07) is 0. The molecule has 82 valence electrons. The Morgan fingerprint density at radius 1 is 1.29 bits per heavy atom. The molecule has 0 aliphatic carbocycles. The van der Waals surface area contributed by atoms with Crippen molar-refractivity contribution < 1.29 is 22.4 Å². The first-order valence-electron chi connectivity index (χ1n) is 3.88. The third-order valence-corrected chi connectivity index (χ3v) is 3.04. The van der Waals surface area contributed by atoms with Crippen molar-refractivity contribution in [1.29, 1.82) is 0 Å². The van der Waals surface area contributed by atoms with Crippen LogP contribution in [0.2, 0.25) is 0 Å². The molecule has 0 N–H and O–H groups in total. The Bertz CT molecular complexity index is 333. The average Bonchev–Trinajstić information content (AvgIpc) is 1.97. The van der Waals surface area contributed by atoms with E-state index in [0.717, 1.165) is 0 Å². The van der Waals surface area contributed by atoms with Crippen molar-refractivity contribution >= 4 is 16.1 Å². The maximum Gasteiger partial charge on any atom is 0.369 e. The van der Waals surface area contributed by atoms with Crippen LogP contribution in [0.3, 0.4) is 0 Å². The minimum absolute atomic E-state index is 0.0640. The number of rotatable bonds is 3. The van der Waals surface area contributed by atoms with Gasteiger partial charge in [-0.3, -0.25) is 4.89 Å². The van der Waals surface area contributed by atoms with Gasteiger partial charge >= 0.3 is 16.1 Å². The van der Waals surface area contributed by atoms with Gasteiger partial charge in [0.05, 0.1) is 4.75 Å². The summed E-state index contributed by atoms with van der Waals surface area (Å²) >= 11 is 0. The SMILES string of the molecule is C=C(C)C(=O)OOS(=O)(=O)C(C)(C)C. The zero-order valence-electron chi connectivity index (χ0n) is 8.66. The highest BCUT2D eigenvalue weighted by atomic mass is 32.2. The van der Waals surface area contributed by atoms with Gasteiger partial charge in [-0.25, -0.2) is 4.79 Å². The first kappa shape index (κ1) is 13.1. The van der Waals surface area contributed by atoms with E-state index in [1.807, 2.05) is 0 Å². The summed E-state index contributed by atoms with van der Waals surface area (Å²) in [6.07, 6.45) is 0. The third kappa shape index (κ3) is 3.47. The molecule has 0 radical (unpaired) electrons. The minimum Gasteiger partial charge on any atom is -0.276 e. The zero-order valence-corrected chi connectivity index (χ0v) is 9.47. The van der Waals surface area contributed by atoms with Crippen LogP contribution in [0.4, 0.5) is 0 Å². The lowest BCUT2D eigenvalue weighted by Gasteiger charge is -2.16. The number of carbonyl (C=O) groups excluding carboxylic acids is 1. The van der Waals surface area contributed by atoms with Gasteiger partial charge in [0.25, 0.3) is 0 Å². The molecule has 0 unspecified atom stereocenters. The fraction of sp³-hybridized carbons (Fsp3) is 0.625. The number of carbonyl (C=O) groups is 1. The minimum atomic E-state index is -3.91. The molecule has 0 bridgehead atoms. The van der Waals surface area contributed by atoms with Crippen LogP contribution in [0.1, 0.15) is 27.7 Å². The van der Waals surface area contributed by atoms with Gasteiger partial charge in [0.1, 0.15) is 0 Å². The van der Waals surface area contributed by atoms with Crippen LogP contribution >= 0.6 is 0 Å². The molecule has 0 saturated heterocycles. The Morgan fingerprint density at radius 3 is 2.00 bits per heavy atom. The molecule has 0 aliphatic heterocycles. The molecule has 0 spiro atoms. The van der Waals surface area contributed by atoms with Gasteiger partial charge in [-0.15, -0.1) is 0 Å². The van der Waals surface area contributed by atoms with Gasteiger partial charge in [0.15, 0.2) is 0 Å². The van der Waals surface area contributed by atoms with Gasteiger partial charge in [-0.2, -0.15) is 8.42 Å². The summed E-state index contributed by atoms with van der Waals surface area (Å²) in [5, 5.41) is 0. The fourth-order valence-electron chi connectivity index (χ4n) is 0.249. The maximum absolute atomic E-state index is 11.3. The normalized spacial score (nSPS) is 12.3. The molecule has 0 saturated carbocycles. The molecule has 0 aliphatic rings. The average molecular weight is 222 g/mol. The van der Waals surface area contributed by atoms with Crippen LogP contribution in [0, 0.1) is 0 Å². The quantitative estimate of drug-likeness (QED) is 0.407. The summed E-state index contributed by atoms with van der Waals surface area (Å²) < 4.78 is 25.4.